The number of thiophene rings is 1. The molecule has 136 valence electrons. The molecule has 0 aliphatic rings. The van der Waals surface area contributed by atoms with Crippen molar-refractivity contribution in [3.05, 3.63) is 69.1 Å². The molecule has 0 bridgehead atoms. The first-order valence-electron chi connectivity index (χ1n) is 7.99. The van der Waals surface area contributed by atoms with Crippen molar-refractivity contribution < 1.29 is 14.3 Å². The van der Waals surface area contributed by atoms with E-state index in [0.717, 1.165) is 16.0 Å². The van der Waals surface area contributed by atoms with E-state index in [4.69, 9.17) is 5.73 Å². The summed E-state index contributed by atoms with van der Waals surface area (Å²) in [5, 5.41) is 11.0. The van der Waals surface area contributed by atoms with Gasteiger partial charge in [0.05, 0.1) is 11.2 Å². The molecule has 0 fully saturated rings. The number of rotatable bonds is 2. The van der Waals surface area contributed by atoms with Gasteiger partial charge in [0.25, 0.3) is 11.5 Å². The SMILES string of the molecule is Cc1cc2ccc(O)cc2n(NC(=O)c2sc3cc(F)ccc3c2N)c1=O. The lowest BCUT2D eigenvalue weighted by Gasteiger charge is -2.13. The zero-order chi connectivity index (χ0) is 19.3. The van der Waals surface area contributed by atoms with Gasteiger partial charge in [0, 0.05) is 27.1 Å². The standard InChI is InChI=1S/C19H14FN3O3S/c1-9-6-10-2-4-12(24)8-14(10)23(19(9)26)22-18(25)17-16(21)13-5-3-11(20)7-15(13)27-17/h2-8,24H,21H2,1H3,(H,22,25). The maximum Gasteiger partial charge on any atom is 0.282 e. The van der Waals surface area contributed by atoms with Gasteiger partial charge >= 0.3 is 0 Å². The second-order valence-corrected chi connectivity index (χ2v) is 7.19. The number of phenolic OH excluding ortho intramolecular Hbond substituents is 1. The van der Waals surface area contributed by atoms with Crippen LogP contribution in [0.4, 0.5) is 10.1 Å². The van der Waals surface area contributed by atoms with Gasteiger partial charge in [-0.15, -0.1) is 11.3 Å². The molecule has 0 saturated heterocycles. The minimum atomic E-state index is -0.591. The van der Waals surface area contributed by atoms with Crippen LogP contribution >= 0.6 is 11.3 Å². The molecule has 0 atom stereocenters. The number of hydrogen-bond donors (Lipinski definition) is 3. The number of carbonyl (C=O) groups is 1. The van der Waals surface area contributed by atoms with Gasteiger partial charge < -0.3 is 10.8 Å². The molecule has 4 aromatic rings. The highest BCUT2D eigenvalue weighted by molar-refractivity contribution is 7.21. The van der Waals surface area contributed by atoms with E-state index in [1.807, 2.05) is 0 Å². The van der Waals surface area contributed by atoms with Crippen molar-refractivity contribution in [2.24, 2.45) is 0 Å². The Morgan fingerprint density at radius 3 is 2.78 bits per heavy atom. The Morgan fingerprint density at radius 2 is 2.00 bits per heavy atom. The quantitative estimate of drug-likeness (QED) is 0.495. The van der Waals surface area contributed by atoms with Crippen LogP contribution in [0, 0.1) is 12.7 Å². The normalized spacial score (nSPS) is 11.2. The molecule has 0 saturated carbocycles. The molecular formula is C19H14FN3O3S. The molecule has 2 aromatic heterocycles. The zero-order valence-corrected chi connectivity index (χ0v) is 14.9. The molecule has 0 radical (unpaired) electrons. The largest absolute Gasteiger partial charge is 0.508 e. The number of phenols is 1. The van der Waals surface area contributed by atoms with Crippen LogP contribution in [0.1, 0.15) is 15.2 Å². The summed E-state index contributed by atoms with van der Waals surface area (Å²) in [5.74, 6) is -1.05. The number of nitrogens with two attached hydrogens (primary N) is 1. The van der Waals surface area contributed by atoms with Crippen molar-refractivity contribution in [1.82, 2.24) is 4.68 Å². The maximum atomic E-state index is 13.4. The predicted octanol–water partition coefficient (Wildman–Crippen LogP) is 3.34. The minimum absolute atomic E-state index is 0.0365. The number of halogens is 1. The van der Waals surface area contributed by atoms with E-state index in [-0.39, 0.29) is 16.3 Å². The highest BCUT2D eigenvalue weighted by Gasteiger charge is 2.19. The second-order valence-electron chi connectivity index (χ2n) is 6.14. The number of aromatic nitrogens is 1. The number of amides is 1. The van der Waals surface area contributed by atoms with Crippen LogP contribution in [0.2, 0.25) is 0 Å². The number of hydrogen-bond acceptors (Lipinski definition) is 5. The van der Waals surface area contributed by atoms with Crippen molar-refractivity contribution in [3.8, 4) is 5.75 Å². The Kier molecular flexibility index (Phi) is 3.85. The van der Waals surface area contributed by atoms with E-state index < -0.39 is 17.3 Å². The number of carbonyl (C=O) groups excluding carboxylic acids is 1. The van der Waals surface area contributed by atoms with Crippen molar-refractivity contribution in [2.45, 2.75) is 6.92 Å². The zero-order valence-electron chi connectivity index (χ0n) is 14.1. The number of nitrogens with one attached hydrogen (secondary N) is 1. The first kappa shape index (κ1) is 17.0. The molecule has 0 aliphatic heterocycles. The van der Waals surface area contributed by atoms with Gasteiger partial charge in [-0.2, -0.15) is 0 Å². The summed E-state index contributed by atoms with van der Waals surface area (Å²) in [5.41, 5.74) is 9.17. The van der Waals surface area contributed by atoms with Gasteiger partial charge in [-0.25, -0.2) is 9.07 Å². The Labute approximate surface area is 156 Å². The van der Waals surface area contributed by atoms with Gasteiger partial charge in [0.15, 0.2) is 0 Å². The van der Waals surface area contributed by atoms with Gasteiger partial charge in [-0.1, -0.05) is 0 Å². The fraction of sp³-hybridized carbons (Fsp3) is 0.0526. The maximum absolute atomic E-state index is 13.4. The lowest BCUT2D eigenvalue weighted by Crippen LogP contribution is -2.34. The molecule has 8 heteroatoms. The smallest absolute Gasteiger partial charge is 0.282 e. The number of aromatic hydroxyl groups is 1. The molecule has 1 amide bonds. The first-order valence-corrected chi connectivity index (χ1v) is 8.81. The molecule has 4 rings (SSSR count). The average Bonchev–Trinajstić information content (AvgIpc) is 2.95. The second kappa shape index (κ2) is 6.10. The lowest BCUT2D eigenvalue weighted by molar-refractivity contribution is 0.101. The van der Waals surface area contributed by atoms with Crippen LogP contribution in [-0.4, -0.2) is 15.7 Å². The number of benzene rings is 2. The van der Waals surface area contributed by atoms with Crippen LogP contribution in [0.25, 0.3) is 21.0 Å². The summed E-state index contributed by atoms with van der Waals surface area (Å²) in [6.07, 6.45) is 0. The van der Waals surface area contributed by atoms with Crippen LogP contribution in [0.3, 0.4) is 0 Å². The average molecular weight is 383 g/mol. The molecule has 0 aliphatic carbocycles. The van der Waals surface area contributed by atoms with Crippen LogP contribution < -0.4 is 16.7 Å². The Morgan fingerprint density at radius 1 is 1.22 bits per heavy atom. The number of nitrogens with zero attached hydrogens (tertiary/aromatic N) is 1. The van der Waals surface area contributed by atoms with Gasteiger partial charge in [0.1, 0.15) is 16.4 Å². The van der Waals surface area contributed by atoms with Crippen molar-refractivity contribution >= 4 is 43.9 Å². The number of pyridine rings is 1. The monoisotopic (exact) mass is 383 g/mol. The molecule has 2 heterocycles. The van der Waals surface area contributed by atoms with Crippen molar-refractivity contribution in [3.63, 3.8) is 0 Å². The van der Waals surface area contributed by atoms with Crippen molar-refractivity contribution in [1.29, 1.82) is 0 Å². The molecule has 4 N–H and O–H groups in total. The molecule has 0 spiro atoms. The number of aryl methyl sites for hydroxylation is 1. The highest BCUT2D eigenvalue weighted by atomic mass is 32.1. The summed E-state index contributed by atoms with van der Waals surface area (Å²) < 4.78 is 15.1. The first-order chi connectivity index (χ1) is 12.8. The van der Waals surface area contributed by atoms with Crippen molar-refractivity contribution in [2.75, 3.05) is 11.2 Å². The molecule has 0 unspecified atom stereocenters. The molecule has 6 nitrogen and oxygen atoms in total. The minimum Gasteiger partial charge on any atom is -0.508 e. The topological polar surface area (TPSA) is 97.3 Å². The molecule has 27 heavy (non-hydrogen) atoms. The Bertz CT molecular complexity index is 1290. The van der Waals surface area contributed by atoms with E-state index in [1.54, 1.807) is 19.1 Å². The number of fused-ring (bicyclic) bond motifs is 2. The van der Waals surface area contributed by atoms with Crippen LogP contribution in [0.15, 0.2) is 47.3 Å². The Balaban J connectivity index is 1.84. The molecule has 2 aromatic carbocycles. The summed E-state index contributed by atoms with van der Waals surface area (Å²) in [7, 11) is 0. The van der Waals surface area contributed by atoms with Gasteiger partial charge in [-0.3, -0.25) is 15.0 Å². The Hall–Kier alpha value is -3.39. The summed E-state index contributed by atoms with van der Waals surface area (Å²) in [4.78, 5) is 25.5. The van der Waals surface area contributed by atoms with Crippen LogP contribution in [-0.2, 0) is 0 Å². The number of anilines is 1. The van der Waals surface area contributed by atoms with E-state index in [2.05, 4.69) is 5.43 Å². The third-order valence-electron chi connectivity index (χ3n) is 4.28. The fourth-order valence-electron chi connectivity index (χ4n) is 2.95. The molecular weight excluding hydrogens is 369 g/mol. The van der Waals surface area contributed by atoms with Gasteiger partial charge in [-0.05, 0) is 43.3 Å². The van der Waals surface area contributed by atoms with Crippen LogP contribution in [0.5, 0.6) is 5.75 Å². The van der Waals surface area contributed by atoms with E-state index >= 15 is 0 Å². The highest BCUT2D eigenvalue weighted by Crippen LogP contribution is 2.34. The summed E-state index contributed by atoms with van der Waals surface area (Å²) >= 11 is 1.04. The summed E-state index contributed by atoms with van der Waals surface area (Å²) in [6, 6.07) is 10.3. The third-order valence-corrected chi connectivity index (χ3v) is 5.44. The fourth-order valence-corrected chi connectivity index (χ4v) is 3.99. The lowest BCUT2D eigenvalue weighted by atomic mass is 10.1. The van der Waals surface area contributed by atoms with E-state index in [1.165, 1.54) is 30.3 Å². The summed E-state index contributed by atoms with van der Waals surface area (Å²) in [6.45, 7) is 1.63. The predicted molar refractivity (Wildman–Crippen MR) is 104 cm³/mol. The van der Waals surface area contributed by atoms with E-state index in [9.17, 15) is 19.1 Å². The third kappa shape index (κ3) is 2.80. The van der Waals surface area contributed by atoms with Gasteiger partial charge in [0.2, 0.25) is 0 Å². The van der Waals surface area contributed by atoms with E-state index in [0.29, 0.717) is 26.6 Å². The number of nitrogen functional groups attached to an aromatic ring is 1.